The van der Waals surface area contributed by atoms with Crippen LogP contribution >= 0.6 is 0 Å². The van der Waals surface area contributed by atoms with Crippen molar-refractivity contribution in [2.45, 2.75) is 0 Å². The van der Waals surface area contributed by atoms with Gasteiger partial charge in [0.15, 0.2) is 0 Å². The smallest absolute Gasteiger partial charge is 1.00 e. The van der Waals surface area contributed by atoms with E-state index in [2.05, 4.69) is 12.7 Å². The fourth-order valence-electron chi connectivity index (χ4n) is 0.568. The van der Waals surface area contributed by atoms with Crippen LogP contribution in [0.3, 0.4) is 0 Å². The molecule has 0 radical (unpaired) electrons. The molecule has 0 bridgehead atoms. The fraction of sp³-hybridized carbons (Fsp3) is 0. The van der Waals surface area contributed by atoms with E-state index in [1.807, 2.05) is 0 Å². The summed E-state index contributed by atoms with van der Waals surface area (Å²) in [6.07, 6.45) is 2.64. The second kappa shape index (κ2) is 6.82. The van der Waals surface area contributed by atoms with Gasteiger partial charge in [-0.25, -0.2) is 4.39 Å². The van der Waals surface area contributed by atoms with Crippen molar-refractivity contribution in [2.24, 2.45) is 0 Å². The molecule has 0 aliphatic heterocycles. The van der Waals surface area contributed by atoms with Gasteiger partial charge in [0.05, 0.1) is 5.82 Å². The molecule has 11 heavy (non-hydrogen) atoms. The Bertz CT molecular complexity index is 208. The van der Waals surface area contributed by atoms with E-state index in [4.69, 9.17) is 0 Å². The maximum atomic E-state index is 12.2. The summed E-state index contributed by atoms with van der Waals surface area (Å²) in [7, 11) is 0. The molecule has 54 valence electrons. The minimum Gasteiger partial charge on any atom is -1.00 e. The third kappa shape index (κ3) is 4.56. The maximum Gasteiger partial charge on any atom is 2.00 e. The van der Waals surface area contributed by atoms with Gasteiger partial charge in [0, 0.05) is 0 Å². The molecular formula is C8H6BrFMg. The first-order valence-corrected chi connectivity index (χ1v) is 2.61. The normalized spacial score (nSPS) is 7.36. The van der Waals surface area contributed by atoms with Crippen molar-refractivity contribution in [3.63, 3.8) is 0 Å². The molecule has 0 unspecified atom stereocenters. The molecule has 0 aliphatic rings. The minimum atomic E-state index is -0.228. The van der Waals surface area contributed by atoms with Crippen molar-refractivity contribution in [3.05, 3.63) is 48.3 Å². The summed E-state index contributed by atoms with van der Waals surface area (Å²) in [6.45, 7) is 3.41. The Morgan fingerprint density at radius 1 is 1.18 bits per heavy atom. The fourth-order valence-corrected chi connectivity index (χ4v) is 0.568. The van der Waals surface area contributed by atoms with E-state index in [0.29, 0.717) is 0 Å². The predicted molar refractivity (Wildman–Crippen MR) is 40.1 cm³/mol. The van der Waals surface area contributed by atoms with Crippen molar-refractivity contribution in [1.82, 2.24) is 0 Å². The van der Waals surface area contributed by atoms with Crippen LogP contribution in [0.2, 0.25) is 0 Å². The van der Waals surface area contributed by atoms with Gasteiger partial charge in [-0.15, -0.1) is 0 Å². The molecule has 0 nitrogen and oxygen atoms in total. The largest absolute Gasteiger partial charge is 2.00 e. The summed E-state index contributed by atoms with van der Waals surface area (Å²) in [4.78, 5) is 0. The molecule has 0 saturated carbocycles. The third-order valence-electron chi connectivity index (χ3n) is 1.05. The van der Waals surface area contributed by atoms with Crippen LogP contribution in [0.4, 0.5) is 4.39 Å². The topological polar surface area (TPSA) is 0 Å². The molecule has 0 spiro atoms. The molecular weight excluding hydrogens is 219 g/mol. The Hall–Kier alpha value is 0.136. The molecule has 0 aromatic heterocycles. The maximum absolute atomic E-state index is 12.2. The van der Waals surface area contributed by atoms with Crippen LogP contribution in [0.15, 0.2) is 30.8 Å². The molecule has 1 aromatic carbocycles. The van der Waals surface area contributed by atoms with E-state index in [0.717, 1.165) is 5.56 Å². The molecule has 0 atom stereocenters. The summed E-state index contributed by atoms with van der Waals surface area (Å²) >= 11 is 0. The average Bonchev–Trinajstić information content (AvgIpc) is 1.90. The Morgan fingerprint density at radius 2 is 1.64 bits per heavy atom. The van der Waals surface area contributed by atoms with Gasteiger partial charge in [-0.3, -0.25) is 0 Å². The van der Waals surface area contributed by atoms with Crippen LogP contribution < -0.4 is 17.0 Å². The number of halogens is 2. The zero-order valence-corrected chi connectivity index (χ0v) is 8.98. The third-order valence-corrected chi connectivity index (χ3v) is 1.05. The minimum absolute atomic E-state index is 0. The monoisotopic (exact) mass is 224 g/mol. The second-order valence-electron chi connectivity index (χ2n) is 1.68. The van der Waals surface area contributed by atoms with Crippen molar-refractivity contribution >= 4 is 23.1 Å². The molecule has 0 aliphatic carbocycles. The number of hydrogen-bond acceptors (Lipinski definition) is 0. The first-order chi connectivity index (χ1) is 4.33. The molecule has 3 heteroatoms. The molecule has 1 rings (SSSR count). The quantitative estimate of drug-likeness (QED) is 0.415. The number of benzene rings is 1. The van der Waals surface area contributed by atoms with Crippen molar-refractivity contribution in [2.75, 3.05) is 0 Å². The van der Waals surface area contributed by atoms with Gasteiger partial charge in [-0.2, -0.15) is 30.4 Å². The van der Waals surface area contributed by atoms with Gasteiger partial charge in [-0.1, -0.05) is 12.1 Å². The molecule has 0 N–H and O–H groups in total. The van der Waals surface area contributed by atoms with Crippen LogP contribution in [0.25, 0.3) is 0 Å². The Labute approximate surface area is 92.4 Å². The SMILES string of the molecule is C=[C-]c1ccc(F)cc1.[Br-].[Mg+2]. The van der Waals surface area contributed by atoms with Crippen LogP contribution in [0, 0.1) is 11.9 Å². The summed E-state index contributed by atoms with van der Waals surface area (Å²) in [5.74, 6) is -0.228. The Balaban J connectivity index is 0. The van der Waals surface area contributed by atoms with E-state index in [-0.39, 0.29) is 45.9 Å². The first kappa shape index (κ1) is 13.7. The summed E-state index contributed by atoms with van der Waals surface area (Å²) in [6, 6.07) is 6.02. The molecule has 0 fully saturated rings. The van der Waals surface area contributed by atoms with Gasteiger partial charge >= 0.3 is 23.1 Å². The van der Waals surface area contributed by atoms with Crippen LogP contribution in [-0.4, -0.2) is 23.1 Å². The van der Waals surface area contributed by atoms with Gasteiger partial charge < -0.3 is 17.0 Å². The summed E-state index contributed by atoms with van der Waals surface area (Å²) < 4.78 is 12.2. The standard InChI is InChI=1S/C8H6F.BrH.Mg/c1-2-7-3-5-8(9)6-4-7;;/h3-6H,1H2;1H;/q-1;;+2/p-1. The Morgan fingerprint density at radius 3 is 2.00 bits per heavy atom. The number of rotatable bonds is 1. The van der Waals surface area contributed by atoms with E-state index in [9.17, 15) is 4.39 Å². The molecule has 0 amide bonds. The molecule has 1 aromatic rings. The van der Waals surface area contributed by atoms with Crippen molar-refractivity contribution in [3.8, 4) is 0 Å². The van der Waals surface area contributed by atoms with Gasteiger partial charge in [0.25, 0.3) is 0 Å². The van der Waals surface area contributed by atoms with E-state index < -0.39 is 0 Å². The molecule has 0 saturated heterocycles. The van der Waals surface area contributed by atoms with E-state index in [1.165, 1.54) is 12.1 Å². The second-order valence-corrected chi connectivity index (χ2v) is 1.68. The first-order valence-electron chi connectivity index (χ1n) is 2.61. The van der Waals surface area contributed by atoms with E-state index in [1.54, 1.807) is 12.1 Å². The van der Waals surface area contributed by atoms with Crippen LogP contribution in [-0.2, 0) is 0 Å². The summed E-state index contributed by atoms with van der Waals surface area (Å²) in [5, 5.41) is 0. The van der Waals surface area contributed by atoms with Crippen molar-refractivity contribution < 1.29 is 21.4 Å². The zero-order chi connectivity index (χ0) is 6.69. The van der Waals surface area contributed by atoms with Gasteiger partial charge in [-0.05, 0) is 0 Å². The van der Waals surface area contributed by atoms with Gasteiger partial charge in [0.1, 0.15) is 0 Å². The average molecular weight is 225 g/mol. The summed E-state index contributed by atoms with van der Waals surface area (Å²) in [5.41, 5.74) is 0.816. The number of hydrogen-bond donors (Lipinski definition) is 0. The predicted octanol–water partition coefficient (Wildman–Crippen LogP) is -1.21. The van der Waals surface area contributed by atoms with E-state index >= 15 is 0 Å². The van der Waals surface area contributed by atoms with Crippen LogP contribution in [0.5, 0.6) is 0 Å². The zero-order valence-electron chi connectivity index (χ0n) is 5.98. The molecule has 0 heterocycles. The Kier molecular flexibility index (Phi) is 8.50. The van der Waals surface area contributed by atoms with Crippen LogP contribution in [0.1, 0.15) is 5.56 Å². The van der Waals surface area contributed by atoms with Crippen molar-refractivity contribution in [1.29, 1.82) is 0 Å². The van der Waals surface area contributed by atoms with Gasteiger partial charge in [0.2, 0.25) is 0 Å².